The topological polar surface area (TPSA) is 79.2 Å². The first-order valence-corrected chi connectivity index (χ1v) is 9.98. The highest BCUT2D eigenvalue weighted by Crippen LogP contribution is 2.32. The summed E-state index contributed by atoms with van der Waals surface area (Å²) in [5, 5.41) is 12.3. The Morgan fingerprint density at radius 2 is 1.45 bits per heavy atom. The summed E-state index contributed by atoms with van der Waals surface area (Å²) >= 11 is 0. The van der Waals surface area contributed by atoms with Gasteiger partial charge in [0.1, 0.15) is 6.04 Å². The van der Waals surface area contributed by atoms with Crippen LogP contribution < -0.4 is 5.32 Å². The van der Waals surface area contributed by atoms with Crippen LogP contribution in [0, 0.1) is 11.3 Å². The fraction of sp³-hybridized carbons (Fsp3) is 0.192. The van der Waals surface area contributed by atoms with Crippen molar-refractivity contribution in [3.63, 3.8) is 0 Å². The van der Waals surface area contributed by atoms with Crippen molar-refractivity contribution >= 4 is 11.9 Å². The molecule has 0 bridgehead atoms. The molecule has 31 heavy (non-hydrogen) atoms. The second-order valence-electron chi connectivity index (χ2n) is 7.38. The van der Waals surface area contributed by atoms with Crippen LogP contribution in [0.5, 0.6) is 0 Å². The van der Waals surface area contributed by atoms with Crippen LogP contribution in [0.1, 0.15) is 29.2 Å². The van der Waals surface area contributed by atoms with Gasteiger partial charge in [-0.1, -0.05) is 78.9 Å². The molecule has 0 saturated heterocycles. The smallest absolute Gasteiger partial charge is 0.328 e. The number of carbonyl (C=O) groups is 2. The van der Waals surface area contributed by atoms with Gasteiger partial charge >= 0.3 is 5.97 Å². The van der Waals surface area contributed by atoms with E-state index in [2.05, 4.69) is 11.4 Å². The maximum atomic E-state index is 13.7. The van der Waals surface area contributed by atoms with Crippen LogP contribution in [0.4, 0.5) is 0 Å². The summed E-state index contributed by atoms with van der Waals surface area (Å²) in [6.07, 6.45) is 0.155. The van der Waals surface area contributed by atoms with Crippen molar-refractivity contribution in [2.45, 2.75) is 24.8 Å². The number of nitrogens with one attached hydrogen (secondary N) is 1. The molecule has 0 aliphatic rings. The number of hydrogen-bond donors (Lipinski definition) is 1. The number of nitriles is 1. The first-order valence-electron chi connectivity index (χ1n) is 9.98. The summed E-state index contributed by atoms with van der Waals surface area (Å²) in [6.45, 7) is 1.84. The molecule has 3 aromatic carbocycles. The quantitative estimate of drug-likeness (QED) is 0.599. The van der Waals surface area contributed by atoms with Gasteiger partial charge in [-0.3, -0.25) is 4.79 Å². The van der Waals surface area contributed by atoms with E-state index >= 15 is 0 Å². The lowest BCUT2D eigenvalue weighted by Crippen LogP contribution is -2.51. The highest BCUT2D eigenvalue weighted by Gasteiger charge is 2.39. The number of hydrogen-bond acceptors (Lipinski definition) is 4. The van der Waals surface area contributed by atoms with Crippen molar-refractivity contribution in [3.05, 3.63) is 107 Å². The van der Waals surface area contributed by atoms with Crippen LogP contribution in [0.2, 0.25) is 0 Å². The molecule has 0 aromatic heterocycles. The number of carbonyl (C=O) groups excluding carboxylic acids is 2. The number of nitrogens with zero attached hydrogens (tertiary/aromatic N) is 1. The summed E-state index contributed by atoms with van der Waals surface area (Å²) in [7, 11) is 1.28. The largest absolute Gasteiger partial charge is 0.467 e. The molecule has 3 rings (SSSR count). The Morgan fingerprint density at radius 3 is 1.97 bits per heavy atom. The predicted molar refractivity (Wildman–Crippen MR) is 118 cm³/mol. The zero-order chi connectivity index (χ0) is 22.3. The maximum Gasteiger partial charge on any atom is 0.328 e. The molecule has 0 radical (unpaired) electrons. The van der Waals surface area contributed by atoms with E-state index in [4.69, 9.17) is 4.74 Å². The number of amides is 1. The molecule has 0 aliphatic heterocycles. The molecule has 0 unspecified atom stereocenters. The van der Waals surface area contributed by atoms with Crippen molar-refractivity contribution in [3.8, 4) is 6.07 Å². The molecule has 1 amide bonds. The number of rotatable bonds is 7. The van der Waals surface area contributed by atoms with Gasteiger partial charge in [0.05, 0.1) is 24.2 Å². The van der Waals surface area contributed by atoms with E-state index < -0.39 is 17.4 Å². The third kappa shape index (κ3) is 4.65. The molecule has 5 heteroatoms. The molecule has 3 aromatic rings. The van der Waals surface area contributed by atoms with E-state index in [1.54, 1.807) is 24.3 Å². The monoisotopic (exact) mass is 412 g/mol. The highest BCUT2D eigenvalue weighted by molar-refractivity contribution is 5.94. The van der Waals surface area contributed by atoms with Crippen LogP contribution in [0.3, 0.4) is 0 Å². The van der Waals surface area contributed by atoms with E-state index in [1.807, 2.05) is 67.6 Å². The molecule has 5 nitrogen and oxygen atoms in total. The van der Waals surface area contributed by atoms with Crippen LogP contribution in [-0.2, 0) is 26.2 Å². The number of ether oxygens (including phenoxy) is 1. The zero-order valence-corrected chi connectivity index (χ0v) is 17.5. The van der Waals surface area contributed by atoms with Crippen molar-refractivity contribution in [1.29, 1.82) is 5.26 Å². The lowest BCUT2D eigenvalue weighted by atomic mass is 9.75. The van der Waals surface area contributed by atoms with Gasteiger partial charge in [0, 0.05) is 6.42 Å². The fourth-order valence-corrected chi connectivity index (χ4v) is 3.64. The van der Waals surface area contributed by atoms with E-state index in [-0.39, 0.29) is 12.3 Å². The normalized spacial score (nSPS) is 11.8. The van der Waals surface area contributed by atoms with E-state index in [1.165, 1.54) is 7.11 Å². The minimum atomic E-state index is -1.02. The molecule has 0 saturated carbocycles. The molecule has 0 heterocycles. The van der Waals surface area contributed by atoms with Crippen LogP contribution in [-0.4, -0.2) is 25.0 Å². The molecular formula is C26H24N2O3. The average Bonchev–Trinajstić information content (AvgIpc) is 2.83. The third-order valence-corrected chi connectivity index (χ3v) is 5.51. The Labute approximate surface area is 182 Å². The molecular weight excluding hydrogens is 388 g/mol. The Hall–Kier alpha value is -3.91. The lowest BCUT2D eigenvalue weighted by molar-refractivity contribution is -0.145. The van der Waals surface area contributed by atoms with Crippen molar-refractivity contribution in [2.24, 2.45) is 0 Å². The van der Waals surface area contributed by atoms with Gasteiger partial charge in [-0.15, -0.1) is 0 Å². The Morgan fingerprint density at radius 1 is 0.935 bits per heavy atom. The molecule has 1 atom stereocenters. The first kappa shape index (κ1) is 21.8. The highest BCUT2D eigenvalue weighted by atomic mass is 16.5. The second-order valence-corrected chi connectivity index (χ2v) is 7.38. The van der Waals surface area contributed by atoms with Gasteiger partial charge in [-0.25, -0.2) is 4.79 Å². The Balaban J connectivity index is 1.98. The van der Waals surface area contributed by atoms with Gasteiger partial charge in [-0.2, -0.15) is 5.26 Å². The predicted octanol–water partition coefficient (Wildman–Crippen LogP) is 3.76. The zero-order valence-electron chi connectivity index (χ0n) is 17.5. The second kappa shape index (κ2) is 9.73. The van der Waals surface area contributed by atoms with Crippen LogP contribution in [0.25, 0.3) is 0 Å². The Kier molecular flexibility index (Phi) is 6.84. The van der Waals surface area contributed by atoms with E-state index in [0.29, 0.717) is 11.1 Å². The van der Waals surface area contributed by atoms with Gasteiger partial charge in [0.2, 0.25) is 5.91 Å². The molecule has 1 N–H and O–H groups in total. The average molecular weight is 412 g/mol. The first-order chi connectivity index (χ1) is 15.0. The van der Waals surface area contributed by atoms with Gasteiger partial charge in [-0.05, 0) is 29.7 Å². The summed E-state index contributed by atoms with van der Waals surface area (Å²) in [6, 6.07) is 27.1. The molecule has 0 fully saturated rings. The number of esters is 1. The maximum absolute atomic E-state index is 13.7. The minimum absolute atomic E-state index is 0.155. The molecule has 156 valence electrons. The van der Waals surface area contributed by atoms with Crippen LogP contribution >= 0.6 is 0 Å². The summed E-state index contributed by atoms with van der Waals surface area (Å²) in [4.78, 5) is 26.2. The SMILES string of the molecule is COC(=O)[C@H](Cc1ccccc1C#N)NC(=O)C(C)(c1ccccc1)c1ccccc1. The van der Waals surface area contributed by atoms with Crippen molar-refractivity contribution in [2.75, 3.05) is 7.11 Å². The minimum Gasteiger partial charge on any atom is -0.467 e. The summed E-state index contributed by atoms with van der Waals surface area (Å²) in [5.74, 6) is -0.890. The lowest BCUT2D eigenvalue weighted by Gasteiger charge is -2.31. The standard InChI is InChI=1S/C26H24N2O3/c1-26(21-13-5-3-6-14-21,22-15-7-4-8-16-22)25(30)28-23(24(29)31-2)17-19-11-9-10-12-20(19)18-27/h3-16,23H,17H2,1-2H3,(H,28,30)/t23-/m0/s1. The fourth-order valence-electron chi connectivity index (χ4n) is 3.64. The van der Waals surface area contributed by atoms with Crippen molar-refractivity contribution < 1.29 is 14.3 Å². The third-order valence-electron chi connectivity index (χ3n) is 5.51. The molecule has 0 aliphatic carbocycles. The number of benzene rings is 3. The Bertz CT molecular complexity index is 1050. The van der Waals surface area contributed by atoms with Crippen molar-refractivity contribution in [1.82, 2.24) is 5.32 Å². The van der Waals surface area contributed by atoms with Crippen LogP contribution in [0.15, 0.2) is 84.9 Å². The van der Waals surface area contributed by atoms with Gasteiger partial charge < -0.3 is 10.1 Å². The number of methoxy groups -OCH3 is 1. The summed E-state index contributed by atoms with van der Waals surface area (Å²) in [5.41, 5.74) is 1.71. The summed E-state index contributed by atoms with van der Waals surface area (Å²) < 4.78 is 4.95. The van der Waals surface area contributed by atoms with Gasteiger partial charge in [0.25, 0.3) is 0 Å². The molecule has 0 spiro atoms. The van der Waals surface area contributed by atoms with E-state index in [0.717, 1.165) is 11.1 Å². The van der Waals surface area contributed by atoms with Gasteiger partial charge in [0.15, 0.2) is 0 Å². The van der Waals surface area contributed by atoms with E-state index in [9.17, 15) is 14.9 Å².